The van der Waals surface area contributed by atoms with Crippen LogP contribution in [0.25, 0.3) is 0 Å². The lowest BCUT2D eigenvalue weighted by Crippen LogP contribution is -2.31. The van der Waals surface area contributed by atoms with Gasteiger partial charge in [0.25, 0.3) is 5.56 Å². The highest BCUT2D eigenvalue weighted by Gasteiger charge is 2.27. The molecule has 4 nitrogen and oxygen atoms in total. The van der Waals surface area contributed by atoms with Crippen LogP contribution in [0, 0.1) is 5.92 Å². The van der Waals surface area contributed by atoms with E-state index in [1.165, 1.54) is 11.0 Å². The minimum Gasteiger partial charge on any atom is -0.362 e. The largest absolute Gasteiger partial charge is 0.362 e. The van der Waals surface area contributed by atoms with Crippen molar-refractivity contribution in [1.82, 2.24) is 9.55 Å². The first-order chi connectivity index (χ1) is 7.72. The van der Waals surface area contributed by atoms with Gasteiger partial charge in [0.15, 0.2) is 5.82 Å². The van der Waals surface area contributed by atoms with Crippen LogP contribution in [0.5, 0.6) is 0 Å². The Morgan fingerprint density at radius 3 is 3.19 bits per heavy atom. The third-order valence-corrected chi connectivity index (χ3v) is 3.59. The van der Waals surface area contributed by atoms with Gasteiger partial charge in [-0.05, 0) is 18.8 Å². The molecule has 1 aliphatic rings. The standard InChI is InChI=1S/C11H16ClN3O/c1-15-6-5-13-10(11(15)16)14-9-4-2-3-8(9)7-12/h5-6,8-9H,2-4,7H2,1H3,(H,13,14). The van der Waals surface area contributed by atoms with Gasteiger partial charge in [0.05, 0.1) is 0 Å². The van der Waals surface area contributed by atoms with Gasteiger partial charge in [-0.15, -0.1) is 11.6 Å². The highest BCUT2D eigenvalue weighted by molar-refractivity contribution is 6.18. The fraction of sp³-hybridized carbons (Fsp3) is 0.636. The van der Waals surface area contributed by atoms with Crippen molar-refractivity contribution in [3.05, 3.63) is 22.7 Å². The lowest BCUT2D eigenvalue weighted by molar-refractivity contribution is 0.559. The van der Waals surface area contributed by atoms with Crippen LogP contribution in [-0.2, 0) is 7.05 Å². The number of rotatable bonds is 3. The summed E-state index contributed by atoms with van der Waals surface area (Å²) in [5.74, 6) is 1.53. The molecule has 1 aliphatic carbocycles. The Bertz CT molecular complexity index is 418. The van der Waals surface area contributed by atoms with E-state index in [2.05, 4.69) is 10.3 Å². The lowest BCUT2D eigenvalue weighted by Gasteiger charge is -2.19. The molecule has 0 aliphatic heterocycles. The lowest BCUT2D eigenvalue weighted by atomic mass is 10.1. The maximum Gasteiger partial charge on any atom is 0.293 e. The molecule has 0 radical (unpaired) electrons. The monoisotopic (exact) mass is 241 g/mol. The third-order valence-electron chi connectivity index (χ3n) is 3.20. The van der Waals surface area contributed by atoms with Gasteiger partial charge in [0.2, 0.25) is 0 Å². The van der Waals surface area contributed by atoms with Crippen molar-refractivity contribution in [1.29, 1.82) is 0 Å². The Morgan fingerprint density at radius 2 is 2.44 bits per heavy atom. The number of aryl methyl sites for hydroxylation is 1. The molecule has 1 heterocycles. The predicted molar refractivity (Wildman–Crippen MR) is 64.9 cm³/mol. The fourth-order valence-corrected chi connectivity index (χ4v) is 2.55. The first kappa shape index (κ1) is 11.5. The van der Waals surface area contributed by atoms with Crippen LogP contribution < -0.4 is 10.9 Å². The van der Waals surface area contributed by atoms with Gasteiger partial charge in [-0.1, -0.05) is 6.42 Å². The topological polar surface area (TPSA) is 46.9 Å². The average molecular weight is 242 g/mol. The Hall–Kier alpha value is -1.03. The van der Waals surface area contributed by atoms with Crippen LogP contribution in [-0.4, -0.2) is 21.5 Å². The summed E-state index contributed by atoms with van der Waals surface area (Å²) in [5.41, 5.74) is -0.0808. The van der Waals surface area contributed by atoms with Gasteiger partial charge >= 0.3 is 0 Å². The highest BCUT2D eigenvalue weighted by atomic mass is 35.5. The van der Waals surface area contributed by atoms with E-state index in [1.807, 2.05) is 0 Å². The van der Waals surface area contributed by atoms with E-state index in [9.17, 15) is 4.79 Å². The molecule has 0 spiro atoms. The molecular formula is C11H16ClN3O. The van der Waals surface area contributed by atoms with Crippen LogP contribution >= 0.6 is 11.6 Å². The summed E-state index contributed by atoms with van der Waals surface area (Å²) >= 11 is 5.90. The normalized spacial score (nSPS) is 24.6. The summed E-state index contributed by atoms with van der Waals surface area (Å²) in [7, 11) is 1.73. The first-order valence-electron chi connectivity index (χ1n) is 5.56. The minimum absolute atomic E-state index is 0.0808. The molecule has 88 valence electrons. The molecule has 1 aromatic heterocycles. The average Bonchev–Trinajstić information content (AvgIpc) is 2.72. The first-order valence-corrected chi connectivity index (χ1v) is 6.10. The third kappa shape index (κ3) is 2.21. The summed E-state index contributed by atoms with van der Waals surface area (Å²) in [6, 6.07) is 0.292. The Morgan fingerprint density at radius 1 is 1.62 bits per heavy atom. The van der Waals surface area contributed by atoms with E-state index in [1.54, 1.807) is 19.4 Å². The summed E-state index contributed by atoms with van der Waals surface area (Å²) < 4.78 is 1.53. The zero-order chi connectivity index (χ0) is 11.5. The zero-order valence-corrected chi connectivity index (χ0v) is 10.1. The summed E-state index contributed by atoms with van der Waals surface area (Å²) in [6.45, 7) is 0. The molecule has 0 amide bonds. The molecule has 5 heteroatoms. The van der Waals surface area contributed by atoms with E-state index >= 15 is 0 Å². The van der Waals surface area contributed by atoms with Crippen molar-refractivity contribution >= 4 is 17.4 Å². The maximum absolute atomic E-state index is 11.8. The minimum atomic E-state index is -0.0808. The molecule has 2 atom stereocenters. The second-order valence-corrected chi connectivity index (χ2v) is 4.60. The number of anilines is 1. The smallest absolute Gasteiger partial charge is 0.293 e. The summed E-state index contributed by atoms with van der Waals surface area (Å²) in [6.07, 6.45) is 6.66. The van der Waals surface area contributed by atoms with E-state index in [4.69, 9.17) is 11.6 Å². The van der Waals surface area contributed by atoms with Crippen LogP contribution in [0.15, 0.2) is 17.2 Å². The van der Waals surface area contributed by atoms with Crippen molar-refractivity contribution in [2.45, 2.75) is 25.3 Å². The van der Waals surface area contributed by atoms with Crippen molar-refractivity contribution in [3.8, 4) is 0 Å². The SMILES string of the molecule is Cn1ccnc(NC2CCCC2CCl)c1=O. The van der Waals surface area contributed by atoms with Crippen molar-refractivity contribution in [3.63, 3.8) is 0 Å². The molecular weight excluding hydrogens is 226 g/mol. The molecule has 1 aromatic rings. The Balaban J connectivity index is 2.15. The van der Waals surface area contributed by atoms with Crippen molar-refractivity contribution in [2.24, 2.45) is 13.0 Å². The van der Waals surface area contributed by atoms with Crippen LogP contribution in [0.4, 0.5) is 5.82 Å². The van der Waals surface area contributed by atoms with Crippen molar-refractivity contribution < 1.29 is 0 Å². The van der Waals surface area contributed by atoms with E-state index in [0.29, 0.717) is 23.7 Å². The molecule has 1 saturated carbocycles. The second kappa shape index (κ2) is 4.87. The van der Waals surface area contributed by atoms with E-state index < -0.39 is 0 Å². The van der Waals surface area contributed by atoms with Crippen LogP contribution in [0.1, 0.15) is 19.3 Å². The molecule has 2 unspecified atom stereocenters. The maximum atomic E-state index is 11.8. The Labute approximate surface area is 99.6 Å². The molecule has 1 N–H and O–H groups in total. The number of aromatic nitrogens is 2. The van der Waals surface area contributed by atoms with Gasteiger partial charge < -0.3 is 9.88 Å². The van der Waals surface area contributed by atoms with E-state index in [0.717, 1.165) is 12.8 Å². The van der Waals surface area contributed by atoms with Gasteiger partial charge in [-0.3, -0.25) is 4.79 Å². The molecule has 16 heavy (non-hydrogen) atoms. The summed E-state index contributed by atoms with van der Waals surface area (Å²) in [4.78, 5) is 15.8. The highest BCUT2D eigenvalue weighted by Crippen LogP contribution is 2.28. The number of nitrogens with zero attached hydrogens (tertiary/aromatic N) is 2. The number of halogens is 1. The van der Waals surface area contributed by atoms with Gasteiger partial charge in [-0.2, -0.15) is 0 Å². The number of hydrogen-bond donors (Lipinski definition) is 1. The zero-order valence-electron chi connectivity index (χ0n) is 9.32. The van der Waals surface area contributed by atoms with Crippen LogP contribution in [0.2, 0.25) is 0 Å². The van der Waals surface area contributed by atoms with Crippen molar-refractivity contribution in [2.75, 3.05) is 11.2 Å². The van der Waals surface area contributed by atoms with Gasteiger partial charge in [0, 0.05) is 31.4 Å². The quantitative estimate of drug-likeness (QED) is 0.818. The fourth-order valence-electron chi connectivity index (χ4n) is 2.18. The van der Waals surface area contributed by atoms with Crippen LogP contribution in [0.3, 0.4) is 0 Å². The molecule has 0 bridgehead atoms. The second-order valence-electron chi connectivity index (χ2n) is 4.29. The van der Waals surface area contributed by atoms with E-state index in [-0.39, 0.29) is 5.56 Å². The number of hydrogen-bond acceptors (Lipinski definition) is 3. The Kier molecular flexibility index (Phi) is 3.49. The molecule has 2 rings (SSSR count). The molecule has 0 aromatic carbocycles. The number of nitrogens with one attached hydrogen (secondary N) is 1. The molecule has 0 saturated heterocycles. The molecule has 1 fully saturated rings. The van der Waals surface area contributed by atoms with Gasteiger partial charge in [0.1, 0.15) is 0 Å². The number of alkyl halides is 1. The predicted octanol–water partition coefficient (Wildman–Crippen LogP) is 1.60. The summed E-state index contributed by atoms with van der Waals surface area (Å²) in [5, 5.41) is 3.22. The van der Waals surface area contributed by atoms with Gasteiger partial charge in [-0.25, -0.2) is 4.98 Å².